The molecule has 0 aliphatic carbocycles. The van der Waals surface area contributed by atoms with Crippen molar-refractivity contribution in [2.45, 2.75) is 12.6 Å². The van der Waals surface area contributed by atoms with Crippen LogP contribution in [-0.2, 0) is 11.4 Å². The van der Waals surface area contributed by atoms with Gasteiger partial charge in [0.25, 0.3) is 11.8 Å². The van der Waals surface area contributed by atoms with Crippen molar-refractivity contribution in [3.63, 3.8) is 0 Å². The van der Waals surface area contributed by atoms with Crippen LogP contribution in [0, 0.1) is 0 Å². The average Bonchev–Trinajstić information content (AvgIpc) is 4.07. The Bertz CT molecular complexity index is 3230. The van der Waals surface area contributed by atoms with Crippen LogP contribution in [0.3, 0.4) is 0 Å². The number of fused-ring (bicyclic) bond motifs is 4. The number of para-hydroxylation sites is 1. The lowest BCUT2D eigenvalue weighted by Crippen LogP contribution is -2.59. The summed E-state index contributed by atoms with van der Waals surface area (Å²) in [5, 5.41) is 7.40. The maximum Gasteiger partial charge on any atom is 0.306 e. The minimum absolute atomic E-state index is 0.00900. The summed E-state index contributed by atoms with van der Waals surface area (Å²) in [7, 11) is 0. The molecular formula is C48H35N7O5. The number of nitrogens with one attached hydrogen (secondary N) is 2. The molecule has 1 fully saturated rings. The largest absolute Gasteiger partial charge is 0.432 e. The lowest BCUT2D eigenvalue weighted by Gasteiger charge is -2.41. The van der Waals surface area contributed by atoms with E-state index in [-0.39, 0.29) is 18.6 Å². The van der Waals surface area contributed by atoms with Gasteiger partial charge in [0.15, 0.2) is 0 Å². The molecule has 11 rings (SSSR count). The van der Waals surface area contributed by atoms with Gasteiger partial charge in [0.2, 0.25) is 0 Å². The monoisotopic (exact) mass is 789 g/mol. The fourth-order valence-corrected chi connectivity index (χ4v) is 8.10. The molecule has 12 nitrogen and oxygen atoms in total. The van der Waals surface area contributed by atoms with Gasteiger partial charge in [0.05, 0.1) is 12.6 Å². The van der Waals surface area contributed by atoms with Crippen molar-refractivity contribution in [1.29, 1.82) is 0 Å². The molecular weight excluding hydrogens is 755 g/mol. The summed E-state index contributed by atoms with van der Waals surface area (Å²) in [6, 6.07) is 44.5. The predicted octanol–water partition coefficient (Wildman–Crippen LogP) is 8.96. The molecule has 0 atom stereocenters. The van der Waals surface area contributed by atoms with E-state index in [0.29, 0.717) is 34.5 Å². The Morgan fingerprint density at radius 2 is 1.25 bits per heavy atom. The third-order valence-electron chi connectivity index (χ3n) is 11.1. The van der Waals surface area contributed by atoms with Crippen molar-refractivity contribution in [3.8, 4) is 33.6 Å². The number of anilines is 1. The molecule has 5 heterocycles. The SMILES string of the molecule is O=C(NOCc1ccc(-c2cccc3ccc(-c4nc5occn5c4C(=O)NC4CN(c5ccccc5)C4)cc23)cc1)c1c(-c2ccc3ccccc3c2)nc2occn12. The third kappa shape index (κ3) is 6.22. The molecule has 4 aromatic heterocycles. The van der Waals surface area contributed by atoms with E-state index in [0.717, 1.165) is 68.1 Å². The Balaban J connectivity index is 0.808. The summed E-state index contributed by atoms with van der Waals surface area (Å²) in [6.45, 7) is 1.60. The fraction of sp³-hybridized carbons (Fsp3) is 0.0833. The van der Waals surface area contributed by atoms with E-state index < -0.39 is 5.91 Å². The summed E-state index contributed by atoms with van der Waals surface area (Å²) in [5.41, 5.74) is 10.0. The van der Waals surface area contributed by atoms with Gasteiger partial charge in [-0.1, -0.05) is 109 Å². The van der Waals surface area contributed by atoms with Crippen molar-refractivity contribution in [3.05, 3.63) is 175 Å². The molecule has 1 aliphatic heterocycles. The van der Waals surface area contributed by atoms with Gasteiger partial charge in [-0.2, -0.15) is 9.97 Å². The van der Waals surface area contributed by atoms with Gasteiger partial charge in [-0.05, 0) is 62.5 Å². The second-order valence-electron chi connectivity index (χ2n) is 14.9. The lowest BCUT2D eigenvalue weighted by atomic mass is 9.95. The van der Waals surface area contributed by atoms with Crippen molar-refractivity contribution in [2.75, 3.05) is 18.0 Å². The second kappa shape index (κ2) is 14.5. The highest BCUT2D eigenvalue weighted by Gasteiger charge is 2.31. The van der Waals surface area contributed by atoms with E-state index in [1.165, 1.54) is 12.5 Å². The lowest BCUT2D eigenvalue weighted by molar-refractivity contribution is 0.0229. The number of benzene rings is 6. The van der Waals surface area contributed by atoms with Crippen LogP contribution in [0.15, 0.2) is 167 Å². The summed E-state index contributed by atoms with van der Waals surface area (Å²) >= 11 is 0. The first-order chi connectivity index (χ1) is 29.5. The number of aromatic nitrogens is 4. The van der Waals surface area contributed by atoms with Gasteiger partial charge >= 0.3 is 11.7 Å². The van der Waals surface area contributed by atoms with Gasteiger partial charge in [-0.3, -0.25) is 23.2 Å². The van der Waals surface area contributed by atoms with E-state index in [9.17, 15) is 9.59 Å². The standard InChI is InChI=1S/C48H35N7O5/c56-45(49-37-27-53(28-37)38-10-2-1-3-11-38)43-42(51-47-54(43)21-23-58-47)36-20-18-32-9-6-12-39(40(32)26-36)33-15-13-30(14-16-33)29-60-52-46(57)44-41(50-48-55(44)22-24-59-48)35-19-17-31-7-4-5-8-34(31)25-35/h1-26,37H,27-29H2,(H,49,56)(H,52,57). The number of carbonyl (C=O) groups is 2. The predicted molar refractivity (Wildman–Crippen MR) is 228 cm³/mol. The van der Waals surface area contributed by atoms with Crippen LogP contribution in [0.4, 0.5) is 5.69 Å². The topological polar surface area (TPSA) is 132 Å². The first-order valence-corrected chi connectivity index (χ1v) is 19.6. The molecule has 2 N–H and O–H groups in total. The molecule has 292 valence electrons. The Hall–Kier alpha value is -7.96. The van der Waals surface area contributed by atoms with Crippen LogP contribution >= 0.6 is 0 Å². The number of hydroxylamine groups is 1. The third-order valence-corrected chi connectivity index (χ3v) is 11.1. The van der Waals surface area contributed by atoms with E-state index in [4.69, 9.17) is 18.7 Å². The Morgan fingerprint density at radius 1 is 0.633 bits per heavy atom. The summed E-state index contributed by atoms with van der Waals surface area (Å²) in [4.78, 5) is 44.9. The maximum atomic E-state index is 13.9. The van der Waals surface area contributed by atoms with Gasteiger partial charge < -0.3 is 19.1 Å². The maximum absolute atomic E-state index is 13.9. The molecule has 0 saturated carbocycles. The van der Waals surface area contributed by atoms with Crippen molar-refractivity contribution >= 4 is 50.7 Å². The summed E-state index contributed by atoms with van der Waals surface area (Å²) < 4.78 is 14.5. The van der Waals surface area contributed by atoms with Crippen molar-refractivity contribution in [2.24, 2.45) is 0 Å². The molecule has 0 bridgehead atoms. The van der Waals surface area contributed by atoms with Gasteiger partial charge in [0, 0.05) is 42.3 Å². The van der Waals surface area contributed by atoms with Gasteiger partial charge in [-0.25, -0.2) is 5.48 Å². The van der Waals surface area contributed by atoms with E-state index in [1.807, 2.05) is 97.1 Å². The highest BCUT2D eigenvalue weighted by molar-refractivity contribution is 6.03. The Labute approximate surface area is 342 Å². The highest BCUT2D eigenvalue weighted by atomic mass is 16.6. The molecule has 6 aromatic carbocycles. The number of rotatable bonds is 10. The fourth-order valence-electron chi connectivity index (χ4n) is 8.10. The molecule has 0 radical (unpaired) electrons. The van der Waals surface area contributed by atoms with Crippen LogP contribution < -0.4 is 15.7 Å². The number of hydrogen-bond acceptors (Lipinski definition) is 8. The zero-order valence-electron chi connectivity index (χ0n) is 32.0. The van der Waals surface area contributed by atoms with E-state index >= 15 is 0 Å². The minimum atomic E-state index is -0.445. The number of nitrogens with zero attached hydrogens (tertiary/aromatic N) is 5. The normalized spacial score (nSPS) is 13.0. The van der Waals surface area contributed by atoms with Gasteiger partial charge in [0.1, 0.15) is 35.3 Å². The second-order valence-corrected chi connectivity index (χ2v) is 14.9. The molecule has 12 heteroatoms. The number of oxazole rings is 2. The molecule has 0 unspecified atom stereocenters. The van der Waals surface area contributed by atoms with E-state index in [2.05, 4.69) is 57.1 Å². The van der Waals surface area contributed by atoms with Crippen LogP contribution in [0.25, 0.3) is 66.9 Å². The zero-order chi connectivity index (χ0) is 40.2. The Morgan fingerprint density at radius 3 is 1.98 bits per heavy atom. The van der Waals surface area contributed by atoms with Crippen LogP contribution in [-0.4, -0.2) is 49.7 Å². The molecule has 60 heavy (non-hydrogen) atoms. The highest BCUT2D eigenvalue weighted by Crippen LogP contribution is 2.35. The first-order valence-electron chi connectivity index (χ1n) is 19.6. The first kappa shape index (κ1) is 35.2. The number of carbonyl (C=O) groups excluding carboxylic acids is 2. The molecule has 2 amide bonds. The Kier molecular flexibility index (Phi) is 8.48. The van der Waals surface area contributed by atoms with Gasteiger partial charge in [-0.15, -0.1) is 0 Å². The molecule has 1 saturated heterocycles. The van der Waals surface area contributed by atoms with Crippen LogP contribution in [0.1, 0.15) is 26.5 Å². The van der Waals surface area contributed by atoms with Crippen LogP contribution in [0.5, 0.6) is 0 Å². The zero-order valence-corrected chi connectivity index (χ0v) is 32.0. The smallest absolute Gasteiger partial charge is 0.306 e. The number of imidazole rings is 2. The van der Waals surface area contributed by atoms with Crippen molar-refractivity contribution < 1.29 is 23.3 Å². The number of hydrogen-bond donors (Lipinski definition) is 2. The molecule has 0 spiro atoms. The van der Waals surface area contributed by atoms with Crippen molar-refractivity contribution in [1.82, 2.24) is 29.6 Å². The summed E-state index contributed by atoms with van der Waals surface area (Å²) in [6.07, 6.45) is 6.41. The quantitative estimate of drug-likeness (QED) is 0.131. The molecule has 10 aromatic rings. The average molecular weight is 790 g/mol. The molecule has 1 aliphatic rings. The summed E-state index contributed by atoms with van der Waals surface area (Å²) in [5.74, 6) is 0.0101. The van der Waals surface area contributed by atoms with Crippen LogP contribution in [0.2, 0.25) is 0 Å². The minimum Gasteiger partial charge on any atom is -0.432 e. The number of amides is 2. The van der Waals surface area contributed by atoms with E-state index in [1.54, 1.807) is 21.2 Å².